The number of thiazole rings is 1. The number of allylic oxidation sites excluding steroid dienone is 4. The molecular weight excluding hydrogens is 230 g/mol. The molecule has 0 spiro atoms. The monoisotopic (exact) mass is 251 g/mol. The van der Waals surface area contributed by atoms with Gasteiger partial charge in [-0.2, -0.15) is 0 Å². The third kappa shape index (κ3) is 5.00. The molecule has 94 valence electrons. The second-order valence-electron chi connectivity index (χ2n) is 2.94. The lowest BCUT2D eigenvalue weighted by Crippen LogP contribution is -1.83. The molecule has 0 radical (unpaired) electrons. The van der Waals surface area contributed by atoms with E-state index in [2.05, 4.69) is 11.6 Å². The van der Waals surface area contributed by atoms with Gasteiger partial charge in [0.1, 0.15) is 5.76 Å². The van der Waals surface area contributed by atoms with Crippen LogP contribution in [0.3, 0.4) is 0 Å². The molecule has 1 aromatic rings. The first-order valence-corrected chi connectivity index (χ1v) is 6.50. The maximum atomic E-state index is 5.15. The van der Waals surface area contributed by atoms with Gasteiger partial charge in [0, 0.05) is 6.20 Å². The van der Waals surface area contributed by atoms with E-state index in [0.717, 1.165) is 21.2 Å². The quantitative estimate of drug-likeness (QED) is 0.576. The van der Waals surface area contributed by atoms with Crippen molar-refractivity contribution in [2.24, 2.45) is 0 Å². The summed E-state index contributed by atoms with van der Waals surface area (Å²) in [6, 6.07) is 0. The highest BCUT2D eigenvalue weighted by atomic mass is 32.1. The minimum absolute atomic E-state index is 0.758. The second kappa shape index (κ2) is 8.76. The molecule has 0 saturated heterocycles. The lowest BCUT2D eigenvalue weighted by Gasteiger charge is -2.01. The average molecular weight is 251 g/mol. The summed E-state index contributed by atoms with van der Waals surface area (Å²) in [7, 11) is 1.64. The van der Waals surface area contributed by atoms with Crippen LogP contribution in [-0.4, -0.2) is 12.1 Å². The van der Waals surface area contributed by atoms with Crippen molar-refractivity contribution >= 4 is 16.9 Å². The topological polar surface area (TPSA) is 22.1 Å². The van der Waals surface area contributed by atoms with Crippen molar-refractivity contribution in [1.29, 1.82) is 0 Å². The molecule has 0 atom stereocenters. The van der Waals surface area contributed by atoms with Crippen LogP contribution in [-0.2, 0) is 4.74 Å². The van der Waals surface area contributed by atoms with Gasteiger partial charge in [0.2, 0.25) is 0 Å². The van der Waals surface area contributed by atoms with Crippen LogP contribution in [0.25, 0.3) is 5.57 Å². The Balaban J connectivity index is 0.00000121. The number of nitrogens with zero attached hydrogens (tertiary/aromatic N) is 1. The van der Waals surface area contributed by atoms with Gasteiger partial charge in [0.15, 0.2) is 0 Å². The summed E-state index contributed by atoms with van der Waals surface area (Å²) in [6.45, 7) is 11.7. The predicted molar refractivity (Wildman–Crippen MR) is 77.1 cm³/mol. The van der Waals surface area contributed by atoms with E-state index in [1.807, 2.05) is 46.0 Å². The van der Waals surface area contributed by atoms with E-state index in [9.17, 15) is 0 Å². The Morgan fingerprint density at radius 2 is 2.12 bits per heavy atom. The second-order valence-corrected chi connectivity index (χ2v) is 4.18. The molecule has 17 heavy (non-hydrogen) atoms. The molecule has 0 N–H and O–H groups in total. The number of ether oxygens (including phenoxy) is 1. The van der Waals surface area contributed by atoms with Crippen molar-refractivity contribution in [2.45, 2.75) is 27.7 Å². The van der Waals surface area contributed by atoms with Gasteiger partial charge in [-0.3, -0.25) is 0 Å². The minimum atomic E-state index is 0.758. The summed E-state index contributed by atoms with van der Waals surface area (Å²) < 4.78 is 5.15. The molecule has 0 aliphatic carbocycles. The van der Waals surface area contributed by atoms with Gasteiger partial charge in [-0.1, -0.05) is 26.5 Å². The predicted octanol–water partition coefficient (Wildman–Crippen LogP) is 4.60. The summed E-state index contributed by atoms with van der Waals surface area (Å²) in [5.74, 6) is 0.758. The number of methoxy groups -OCH3 is 1. The molecule has 2 nitrogen and oxygen atoms in total. The Hall–Kier alpha value is -1.35. The van der Waals surface area contributed by atoms with Crippen LogP contribution < -0.4 is 0 Å². The zero-order valence-corrected chi connectivity index (χ0v) is 12.1. The van der Waals surface area contributed by atoms with Crippen molar-refractivity contribution in [3.63, 3.8) is 0 Å². The summed E-state index contributed by atoms with van der Waals surface area (Å²) in [6.07, 6.45) is 7.56. The van der Waals surface area contributed by atoms with E-state index >= 15 is 0 Å². The zero-order valence-electron chi connectivity index (χ0n) is 11.3. The molecule has 0 unspecified atom stereocenters. The lowest BCUT2D eigenvalue weighted by atomic mass is 10.2. The first kappa shape index (κ1) is 15.7. The molecule has 1 heterocycles. The number of aromatic nitrogens is 1. The van der Waals surface area contributed by atoms with Gasteiger partial charge < -0.3 is 4.74 Å². The summed E-state index contributed by atoms with van der Waals surface area (Å²) in [5, 5.41) is 1.07. The van der Waals surface area contributed by atoms with Crippen LogP contribution in [0.5, 0.6) is 0 Å². The fourth-order valence-electron chi connectivity index (χ4n) is 1.15. The maximum absolute atomic E-state index is 5.15. The molecule has 0 aliphatic heterocycles. The normalized spacial score (nSPS) is 11.6. The highest BCUT2D eigenvalue weighted by Crippen LogP contribution is 2.23. The molecule has 1 rings (SSSR count). The fraction of sp³-hybridized carbons (Fsp3) is 0.357. The zero-order chi connectivity index (χ0) is 13.3. The highest BCUT2D eigenvalue weighted by molar-refractivity contribution is 7.12. The van der Waals surface area contributed by atoms with Gasteiger partial charge in [-0.15, -0.1) is 11.3 Å². The summed E-state index contributed by atoms with van der Waals surface area (Å²) in [4.78, 5) is 5.37. The molecule has 0 aromatic carbocycles. The molecule has 0 fully saturated rings. The molecular formula is C14H21NOS. The number of aryl methyl sites for hydroxylation is 1. The molecule has 1 aromatic heterocycles. The largest absolute Gasteiger partial charge is 0.497 e. The Morgan fingerprint density at radius 1 is 1.47 bits per heavy atom. The smallest absolute Gasteiger partial charge is 0.118 e. The third-order valence-corrected chi connectivity index (χ3v) is 2.91. The van der Waals surface area contributed by atoms with Crippen LogP contribution >= 0.6 is 11.3 Å². The van der Waals surface area contributed by atoms with E-state index in [1.165, 1.54) is 0 Å². The average Bonchev–Trinajstić information content (AvgIpc) is 2.80. The van der Waals surface area contributed by atoms with Gasteiger partial charge in [0.25, 0.3) is 0 Å². The lowest BCUT2D eigenvalue weighted by molar-refractivity contribution is 0.307. The SMILES string of the molecule is C=C/C(=C\C(=C/C)c1cnc(C)s1)OC.CC. The van der Waals surface area contributed by atoms with Crippen molar-refractivity contribution in [3.8, 4) is 0 Å². The van der Waals surface area contributed by atoms with Crippen LogP contribution in [0.2, 0.25) is 0 Å². The van der Waals surface area contributed by atoms with Crippen molar-refractivity contribution in [2.75, 3.05) is 7.11 Å². The van der Waals surface area contributed by atoms with Gasteiger partial charge in [-0.25, -0.2) is 4.98 Å². The Kier molecular flexibility index (Phi) is 8.07. The van der Waals surface area contributed by atoms with Gasteiger partial charge in [-0.05, 0) is 31.6 Å². The third-order valence-electron chi connectivity index (χ3n) is 1.95. The van der Waals surface area contributed by atoms with Crippen molar-refractivity contribution < 1.29 is 4.74 Å². The number of hydrogen-bond acceptors (Lipinski definition) is 3. The Morgan fingerprint density at radius 3 is 2.47 bits per heavy atom. The first-order valence-electron chi connectivity index (χ1n) is 5.68. The highest BCUT2D eigenvalue weighted by Gasteiger charge is 2.02. The number of rotatable bonds is 4. The van der Waals surface area contributed by atoms with Crippen molar-refractivity contribution in [3.05, 3.63) is 46.6 Å². The molecule has 0 saturated carbocycles. The molecule has 0 amide bonds. The van der Waals surface area contributed by atoms with E-state index in [-0.39, 0.29) is 0 Å². The van der Waals surface area contributed by atoms with Gasteiger partial charge >= 0.3 is 0 Å². The van der Waals surface area contributed by atoms with Crippen molar-refractivity contribution in [1.82, 2.24) is 4.98 Å². The summed E-state index contributed by atoms with van der Waals surface area (Å²) >= 11 is 1.67. The standard InChI is InChI=1S/C12H15NOS.C2H6/c1-5-10(7-11(6-2)14-4)12-8-13-9(3)15-12;1-2/h5-8H,2H2,1,3-4H3;1-2H3/b10-5+,11-7+;. The van der Waals surface area contributed by atoms with Gasteiger partial charge in [0.05, 0.1) is 17.0 Å². The van der Waals surface area contributed by atoms with Crippen LogP contribution in [0.4, 0.5) is 0 Å². The van der Waals surface area contributed by atoms with E-state index < -0.39 is 0 Å². The fourth-order valence-corrected chi connectivity index (χ4v) is 1.97. The first-order chi connectivity index (χ1) is 8.21. The van der Waals surface area contributed by atoms with Crippen LogP contribution in [0.15, 0.2) is 36.8 Å². The van der Waals surface area contributed by atoms with Crippen LogP contribution in [0.1, 0.15) is 30.7 Å². The Labute approximate surface area is 108 Å². The molecule has 3 heteroatoms. The number of hydrogen-bond donors (Lipinski definition) is 0. The molecule has 0 bridgehead atoms. The Bertz CT molecular complexity index is 402. The maximum Gasteiger partial charge on any atom is 0.118 e. The van der Waals surface area contributed by atoms with Crippen LogP contribution in [0, 0.1) is 6.92 Å². The summed E-state index contributed by atoms with van der Waals surface area (Å²) in [5.41, 5.74) is 1.11. The minimum Gasteiger partial charge on any atom is -0.497 e. The van der Waals surface area contributed by atoms with E-state index in [1.54, 1.807) is 24.5 Å². The molecule has 0 aliphatic rings. The van der Waals surface area contributed by atoms with E-state index in [4.69, 9.17) is 4.74 Å². The van der Waals surface area contributed by atoms with E-state index in [0.29, 0.717) is 0 Å².